The van der Waals surface area contributed by atoms with Crippen LogP contribution >= 0.6 is 11.3 Å². The van der Waals surface area contributed by atoms with Crippen LogP contribution in [0.4, 0.5) is 0 Å². The van der Waals surface area contributed by atoms with Gasteiger partial charge in [-0.05, 0) is 23.9 Å². The molecular weight excluding hydrogens is 298 g/mol. The number of aliphatic hydroxyl groups is 1. The number of sulfonamides is 1. The zero-order valence-corrected chi connectivity index (χ0v) is 13.0. The standard InChI is InChI=1S/C12H17N3O3S2/c1-9-8-19-11(7-16)12(9)20(17,18)13-5-3-10-4-6-15(2)14-10/h4,6,8,13,16H,3,5,7H2,1-2H3. The summed E-state index contributed by atoms with van der Waals surface area (Å²) in [6.07, 6.45) is 2.34. The van der Waals surface area contributed by atoms with Crippen molar-refractivity contribution in [1.82, 2.24) is 14.5 Å². The zero-order chi connectivity index (χ0) is 14.8. The molecule has 2 heterocycles. The highest BCUT2D eigenvalue weighted by Crippen LogP contribution is 2.26. The average molecular weight is 315 g/mol. The summed E-state index contributed by atoms with van der Waals surface area (Å²) in [5.41, 5.74) is 1.49. The molecule has 20 heavy (non-hydrogen) atoms. The van der Waals surface area contributed by atoms with E-state index < -0.39 is 10.0 Å². The molecule has 2 N–H and O–H groups in total. The van der Waals surface area contributed by atoms with Gasteiger partial charge in [-0.1, -0.05) is 0 Å². The second-order valence-electron chi connectivity index (χ2n) is 4.46. The third-order valence-electron chi connectivity index (χ3n) is 2.84. The lowest BCUT2D eigenvalue weighted by Crippen LogP contribution is -2.27. The summed E-state index contributed by atoms with van der Waals surface area (Å²) in [4.78, 5) is 0.666. The first-order valence-electron chi connectivity index (χ1n) is 6.10. The van der Waals surface area contributed by atoms with Gasteiger partial charge >= 0.3 is 0 Å². The van der Waals surface area contributed by atoms with Crippen LogP contribution in [-0.2, 0) is 30.1 Å². The van der Waals surface area contributed by atoms with Crippen LogP contribution in [0.25, 0.3) is 0 Å². The third kappa shape index (κ3) is 3.26. The second-order valence-corrected chi connectivity index (χ2v) is 7.13. The van der Waals surface area contributed by atoms with E-state index >= 15 is 0 Å². The van der Waals surface area contributed by atoms with Crippen molar-refractivity contribution < 1.29 is 13.5 Å². The van der Waals surface area contributed by atoms with Crippen LogP contribution in [0.5, 0.6) is 0 Å². The largest absolute Gasteiger partial charge is 0.391 e. The predicted molar refractivity (Wildman–Crippen MR) is 77.1 cm³/mol. The second kappa shape index (κ2) is 6.04. The Balaban J connectivity index is 2.06. The lowest BCUT2D eigenvalue weighted by molar-refractivity contribution is 0.282. The van der Waals surface area contributed by atoms with E-state index in [4.69, 9.17) is 0 Å². The summed E-state index contributed by atoms with van der Waals surface area (Å²) >= 11 is 1.25. The van der Waals surface area contributed by atoms with Gasteiger partial charge in [0.15, 0.2) is 0 Å². The summed E-state index contributed by atoms with van der Waals surface area (Å²) < 4.78 is 28.7. The Morgan fingerprint density at radius 3 is 2.85 bits per heavy atom. The topological polar surface area (TPSA) is 84.2 Å². The molecule has 0 aliphatic rings. The highest BCUT2D eigenvalue weighted by molar-refractivity contribution is 7.89. The van der Waals surface area contributed by atoms with E-state index in [0.717, 1.165) is 5.69 Å². The molecule has 0 fully saturated rings. The molecule has 2 aromatic rings. The van der Waals surface area contributed by atoms with Gasteiger partial charge in [-0.2, -0.15) is 5.10 Å². The van der Waals surface area contributed by atoms with E-state index in [9.17, 15) is 13.5 Å². The molecule has 0 saturated carbocycles. The summed E-state index contributed by atoms with van der Waals surface area (Å²) in [5, 5.41) is 15.1. The Morgan fingerprint density at radius 1 is 1.50 bits per heavy atom. The van der Waals surface area contributed by atoms with Crippen molar-refractivity contribution >= 4 is 21.4 Å². The van der Waals surface area contributed by atoms with Gasteiger partial charge in [0.1, 0.15) is 4.90 Å². The molecule has 2 rings (SSSR count). The number of aromatic nitrogens is 2. The fourth-order valence-corrected chi connectivity index (χ4v) is 4.63. The van der Waals surface area contributed by atoms with E-state index in [1.165, 1.54) is 11.3 Å². The van der Waals surface area contributed by atoms with E-state index in [1.807, 2.05) is 19.3 Å². The van der Waals surface area contributed by atoms with Gasteiger partial charge < -0.3 is 5.11 Å². The molecule has 8 heteroatoms. The normalized spacial score (nSPS) is 11.9. The van der Waals surface area contributed by atoms with Gasteiger partial charge in [0.2, 0.25) is 10.0 Å². The van der Waals surface area contributed by atoms with Crippen LogP contribution < -0.4 is 4.72 Å². The Hall–Kier alpha value is -1.22. The maximum Gasteiger partial charge on any atom is 0.242 e. The predicted octanol–water partition coefficient (Wildman–Crippen LogP) is 0.803. The number of thiophene rings is 1. The van der Waals surface area contributed by atoms with Crippen molar-refractivity contribution in [1.29, 1.82) is 0 Å². The van der Waals surface area contributed by atoms with Crippen LogP contribution in [0.15, 0.2) is 22.5 Å². The molecule has 0 radical (unpaired) electrons. The Bertz CT molecular complexity index is 689. The molecule has 2 aromatic heterocycles. The average Bonchev–Trinajstić information content (AvgIpc) is 2.95. The minimum Gasteiger partial charge on any atom is -0.391 e. The quantitative estimate of drug-likeness (QED) is 0.826. The highest BCUT2D eigenvalue weighted by atomic mass is 32.2. The minimum absolute atomic E-state index is 0.200. The first-order valence-corrected chi connectivity index (χ1v) is 8.46. The van der Waals surface area contributed by atoms with Crippen LogP contribution in [0.1, 0.15) is 16.1 Å². The summed E-state index contributed by atoms with van der Waals surface area (Å²) in [7, 11) is -1.77. The fraction of sp³-hybridized carbons (Fsp3) is 0.417. The van der Waals surface area contributed by atoms with E-state index in [1.54, 1.807) is 17.0 Å². The Morgan fingerprint density at radius 2 is 2.25 bits per heavy atom. The first kappa shape index (κ1) is 15.2. The molecule has 110 valence electrons. The number of nitrogens with one attached hydrogen (secondary N) is 1. The third-order valence-corrected chi connectivity index (χ3v) is 5.75. The van der Waals surface area contributed by atoms with Crippen molar-refractivity contribution in [2.45, 2.75) is 24.8 Å². The van der Waals surface area contributed by atoms with Crippen molar-refractivity contribution in [3.63, 3.8) is 0 Å². The van der Waals surface area contributed by atoms with E-state index in [-0.39, 0.29) is 18.0 Å². The molecule has 6 nitrogen and oxygen atoms in total. The van der Waals surface area contributed by atoms with Crippen LogP contribution in [0.2, 0.25) is 0 Å². The minimum atomic E-state index is -3.59. The smallest absolute Gasteiger partial charge is 0.242 e. The number of aryl methyl sites for hydroxylation is 2. The molecule has 0 unspecified atom stereocenters. The van der Waals surface area contributed by atoms with Gasteiger partial charge in [-0.25, -0.2) is 13.1 Å². The number of rotatable bonds is 6. The summed E-state index contributed by atoms with van der Waals surface area (Å²) in [6.45, 7) is 1.73. The van der Waals surface area contributed by atoms with Gasteiger partial charge in [0, 0.05) is 26.2 Å². The van der Waals surface area contributed by atoms with Gasteiger partial charge in [-0.15, -0.1) is 11.3 Å². The first-order chi connectivity index (χ1) is 9.44. The molecular formula is C12H17N3O3S2. The van der Waals surface area contributed by atoms with Crippen molar-refractivity contribution in [3.8, 4) is 0 Å². The molecule has 0 aromatic carbocycles. The molecule has 0 amide bonds. The lowest BCUT2D eigenvalue weighted by Gasteiger charge is -2.07. The molecule has 0 saturated heterocycles. The van der Waals surface area contributed by atoms with Gasteiger partial charge in [0.05, 0.1) is 17.2 Å². The number of hydrogen-bond donors (Lipinski definition) is 2. The Labute approximate surface area is 122 Å². The SMILES string of the molecule is Cc1csc(CO)c1S(=O)(=O)NCCc1ccn(C)n1. The Kier molecular flexibility index (Phi) is 4.59. The van der Waals surface area contributed by atoms with Gasteiger partial charge in [-0.3, -0.25) is 4.68 Å². The van der Waals surface area contributed by atoms with Crippen LogP contribution in [0, 0.1) is 6.92 Å². The van der Waals surface area contributed by atoms with Crippen LogP contribution in [-0.4, -0.2) is 29.8 Å². The van der Waals surface area contributed by atoms with Crippen molar-refractivity contribution in [3.05, 3.63) is 33.8 Å². The maximum absolute atomic E-state index is 12.2. The van der Waals surface area contributed by atoms with Crippen molar-refractivity contribution in [2.24, 2.45) is 7.05 Å². The molecule has 0 bridgehead atoms. The van der Waals surface area contributed by atoms with Crippen molar-refractivity contribution in [2.75, 3.05) is 6.54 Å². The lowest BCUT2D eigenvalue weighted by atomic mass is 10.3. The zero-order valence-electron chi connectivity index (χ0n) is 11.3. The van der Waals surface area contributed by atoms with E-state index in [0.29, 0.717) is 16.9 Å². The maximum atomic E-state index is 12.2. The molecule has 0 aliphatic carbocycles. The monoisotopic (exact) mass is 315 g/mol. The highest BCUT2D eigenvalue weighted by Gasteiger charge is 2.22. The summed E-state index contributed by atoms with van der Waals surface area (Å²) in [6, 6.07) is 1.85. The molecule has 0 atom stereocenters. The fourth-order valence-electron chi connectivity index (χ4n) is 1.94. The molecule has 0 aliphatic heterocycles. The van der Waals surface area contributed by atoms with Crippen LogP contribution in [0.3, 0.4) is 0 Å². The summed E-state index contributed by atoms with van der Waals surface area (Å²) in [5.74, 6) is 0. The number of aliphatic hydroxyl groups excluding tert-OH is 1. The van der Waals surface area contributed by atoms with Gasteiger partial charge in [0.25, 0.3) is 0 Å². The van der Waals surface area contributed by atoms with E-state index in [2.05, 4.69) is 9.82 Å². The molecule has 0 spiro atoms. The number of nitrogens with zero attached hydrogens (tertiary/aromatic N) is 2. The number of hydrogen-bond acceptors (Lipinski definition) is 5.